The number of nitriles is 1. The smallest absolute Gasteiger partial charge is 0.179 e. The van der Waals surface area contributed by atoms with E-state index in [1.54, 1.807) is 19.9 Å². The second-order valence-electron chi connectivity index (χ2n) is 2.62. The average molecular weight is 163 g/mol. The van der Waals surface area contributed by atoms with E-state index in [2.05, 4.69) is 0 Å². The van der Waals surface area contributed by atoms with Crippen molar-refractivity contribution in [3.63, 3.8) is 0 Å². The Kier molecular flexibility index (Phi) is 1.88. The van der Waals surface area contributed by atoms with Crippen LogP contribution in [0.15, 0.2) is 6.07 Å². The molecule has 4 heteroatoms. The summed E-state index contributed by atoms with van der Waals surface area (Å²) in [6.45, 7) is 3.41. The highest BCUT2D eigenvalue weighted by Gasteiger charge is 2.04. The topological polar surface area (TPSA) is 72.8 Å². The second-order valence-corrected chi connectivity index (χ2v) is 2.62. The zero-order valence-electron chi connectivity index (χ0n) is 6.92. The Labute approximate surface area is 69.8 Å². The Bertz CT molecular complexity index is 412. The minimum Gasteiger partial charge on any atom is -0.427 e. The van der Waals surface area contributed by atoms with Crippen LogP contribution in [-0.2, 0) is 0 Å². The van der Waals surface area contributed by atoms with Crippen LogP contribution < -0.4 is 5.49 Å². The van der Waals surface area contributed by atoms with Crippen LogP contribution in [0.25, 0.3) is 0 Å². The van der Waals surface area contributed by atoms with E-state index in [-0.39, 0.29) is 11.1 Å². The highest BCUT2D eigenvalue weighted by atomic mass is 16.5. The predicted molar refractivity (Wildman–Crippen MR) is 41.7 cm³/mol. The molecule has 4 nitrogen and oxygen atoms in total. The van der Waals surface area contributed by atoms with E-state index in [1.807, 2.05) is 6.07 Å². The minimum absolute atomic E-state index is 0.157. The summed E-state index contributed by atoms with van der Waals surface area (Å²) in [6.07, 6.45) is 0. The molecule has 2 N–H and O–H groups in total. The quantitative estimate of drug-likeness (QED) is 0.552. The molecule has 1 heterocycles. The molecule has 0 bridgehead atoms. The summed E-state index contributed by atoms with van der Waals surface area (Å²) >= 11 is 0. The fourth-order valence-corrected chi connectivity index (χ4v) is 1.06. The lowest BCUT2D eigenvalue weighted by molar-refractivity contribution is 0.163. The van der Waals surface area contributed by atoms with Crippen molar-refractivity contribution in [3.05, 3.63) is 28.4 Å². The molecule has 1 aromatic heterocycles. The maximum Gasteiger partial charge on any atom is 0.179 e. The van der Waals surface area contributed by atoms with E-state index >= 15 is 0 Å². The lowest BCUT2D eigenvalue weighted by Gasteiger charge is -2.05. The summed E-state index contributed by atoms with van der Waals surface area (Å²) in [5.41, 5.74) is 1.32. The Morgan fingerprint density at radius 2 is 2.17 bits per heavy atom. The molecule has 0 aliphatic carbocycles. The summed E-state index contributed by atoms with van der Waals surface area (Å²) in [7, 11) is 0. The first-order valence-corrected chi connectivity index (χ1v) is 3.45. The first-order valence-electron chi connectivity index (χ1n) is 3.45. The summed E-state index contributed by atoms with van der Waals surface area (Å²) in [4.78, 5) is 0. The number of nitrogens with one attached hydrogen (secondary N) is 1. The van der Waals surface area contributed by atoms with Crippen molar-refractivity contribution in [1.82, 2.24) is 4.73 Å². The average Bonchev–Trinajstić information content (AvgIpc) is 2.01. The second kappa shape index (κ2) is 2.70. The first-order chi connectivity index (χ1) is 5.57. The van der Waals surface area contributed by atoms with Gasteiger partial charge in [0, 0.05) is 0 Å². The SMILES string of the molecule is Cc1cc(C)n(O)c(=N)c1C#N. The maximum atomic E-state index is 9.22. The molecule has 0 spiro atoms. The zero-order valence-corrected chi connectivity index (χ0v) is 6.92. The van der Waals surface area contributed by atoms with Gasteiger partial charge in [0.15, 0.2) is 5.49 Å². The van der Waals surface area contributed by atoms with E-state index in [9.17, 15) is 5.21 Å². The molecular weight excluding hydrogens is 154 g/mol. The van der Waals surface area contributed by atoms with Crippen molar-refractivity contribution in [2.75, 3.05) is 0 Å². The van der Waals surface area contributed by atoms with Crippen LogP contribution in [0.1, 0.15) is 16.8 Å². The normalized spacial score (nSPS) is 9.42. The molecule has 0 aliphatic rings. The minimum atomic E-state index is -0.157. The summed E-state index contributed by atoms with van der Waals surface area (Å²) in [5.74, 6) is 0. The number of nitrogens with zero attached hydrogens (tertiary/aromatic N) is 2. The molecule has 62 valence electrons. The summed E-state index contributed by atoms with van der Waals surface area (Å²) in [5, 5.41) is 25.2. The van der Waals surface area contributed by atoms with Gasteiger partial charge >= 0.3 is 0 Å². The van der Waals surface area contributed by atoms with E-state index < -0.39 is 0 Å². The van der Waals surface area contributed by atoms with Crippen LogP contribution in [0.3, 0.4) is 0 Å². The Morgan fingerprint density at radius 1 is 1.58 bits per heavy atom. The molecule has 0 amide bonds. The monoisotopic (exact) mass is 163 g/mol. The predicted octanol–water partition coefficient (Wildman–Crippen LogP) is 0.693. The van der Waals surface area contributed by atoms with Gasteiger partial charge in [0.2, 0.25) is 0 Å². The van der Waals surface area contributed by atoms with E-state index in [4.69, 9.17) is 10.7 Å². The molecule has 1 rings (SSSR count). The number of rotatable bonds is 0. The van der Waals surface area contributed by atoms with Gasteiger partial charge in [-0.25, -0.2) is 0 Å². The first kappa shape index (κ1) is 8.34. The number of aryl methyl sites for hydroxylation is 2. The Morgan fingerprint density at radius 3 is 2.67 bits per heavy atom. The largest absolute Gasteiger partial charge is 0.427 e. The van der Waals surface area contributed by atoms with Gasteiger partial charge in [-0.15, -0.1) is 0 Å². The molecular formula is C8H9N3O. The third kappa shape index (κ3) is 1.05. The number of hydrogen-bond donors (Lipinski definition) is 2. The molecule has 0 aromatic carbocycles. The standard InChI is InChI=1S/C8H9N3O/c1-5-3-6(2)11(12)8(10)7(5)4-9/h3,10,12H,1-2H3. The third-order valence-electron chi connectivity index (χ3n) is 1.71. The van der Waals surface area contributed by atoms with Gasteiger partial charge < -0.3 is 5.21 Å². The van der Waals surface area contributed by atoms with Crippen molar-refractivity contribution in [2.45, 2.75) is 13.8 Å². The number of aromatic nitrogens is 1. The molecule has 0 saturated heterocycles. The van der Waals surface area contributed by atoms with Crippen molar-refractivity contribution >= 4 is 0 Å². The van der Waals surface area contributed by atoms with Gasteiger partial charge in [-0.05, 0) is 25.5 Å². The molecule has 0 aliphatic heterocycles. The highest BCUT2D eigenvalue weighted by molar-refractivity contribution is 5.34. The van der Waals surface area contributed by atoms with Gasteiger partial charge in [-0.3, -0.25) is 5.41 Å². The van der Waals surface area contributed by atoms with Gasteiger partial charge in [0.25, 0.3) is 0 Å². The lowest BCUT2D eigenvalue weighted by Crippen LogP contribution is -2.23. The van der Waals surface area contributed by atoms with Crippen molar-refractivity contribution in [1.29, 1.82) is 10.7 Å². The maximum absolute atomic E-state index is 9.22. The van der Waals surface area contributed by atoms with Gasteiger partial charge in [0.05, 0.1) is 5.69 Å². The van der Waals surface area contributed by atoms with Crippen LogP contribution in [0.2, 0.25) is 0 Å². The van der Waals surface area contributed by atoms with Crippen LogP contribution in [0.4, 0.5) is 0 Å². The van der Waals surface area contributed by atoms with Gasteiger partial charge in [0.1, 0.15) is 11.6 Å². The molecule has 0 saturated carbocycles. The Balaban J connectivity index is 3.66. The molecule has 0 unspecified atom stereocenters. The van der Waals surface area contributed by atoms with Crippen LogP contribution >= 0.6 is 0 Å². The van der Waals surface area contributed by atoms with Crippen molar-refractivity contribution in [2.24, 2.45) is 0 Å². The van der Waals surface area contributed by atoms with Crippen LogP contribution in [0.5, 0.6) is 0 Å². The van der Waals surface area contributed by atoms with Crippen molar-refractivity contribution < 1.29 is 5.21 Å². The molecule has 0 atom stereocenters. The molecule has 0 radical (unpaired) electrons. The van der Waals surface area contributed by atoms with E-state index in [1.165, 1.54) is 0 Å². The molecule has 0 fully saturated rings. The molecule has 12 heavy (non-hydrogen) atoms. The van der Waals surface area contributed by atoms with Crippen molar-refractivity contribution in [3.8, 4) is 6.07 Å². The van der Waals surface area contributed by atoms with Gasteiger partial charge in [-0.2, -0.15) is 9.99 Å². The summed E-state index contributed by atoms with van der Waals surface area (Å²) in [6, 6.07) is 3.53. The summed E-state index contributed by atoms with van der Waals surface area (Å²) < 4.78 is 0.700. The third-order valence-corrected chi connectivity index (χ3v) is 1.71. The van der Waals surface area contributed by atoms with Crippen LogP contribution in [-0.4, -0.2) is 9.94 Å². The van der Waals surface area contributed by atoms with Gasteiger partial charge in [-0.1, -0.05) is 0 Å². The van der Waals surface area contributed by atoms with Crippen LogP contribution in [0, 0.1) is 30.6 Å². The lowest BCUT2D eigenvalue weighted by atomic mass is 10.1. The molecule has 1 aromatic rings. The zero-order chi connectivity index (χ0) is 9.30. The number of pyridine rings is 1. The van der Waals surface area contributed by atoms with E-state index in [0.29, 0.717) is 16.0 Å². The van der Waals surface area contributed by atoms with E-state index in [0.717, 1.165) is 0 Å². The Hall–Kier alpha value is -1.76. The fourth-order valence-electron chi connectivity index (χ4n) is 1.06. The number of hydrogen-bond acceptors (Lipinski definition) is 3. The fraction of sp³-hybridized carbons (Fsp3) is 0.250. The highest BCUT2D eigenvalue weighted by Crippen LogP contribution is 2.02.